The highest BCUT2D eigenvalue weighted by Crippen LogP contribution is 2.26. The lowest BCUT2D eigenvalue weighted by molar-refractivity contribution is -0.298. The molecule has 6 N–H and O–H groups in total. The number of amides is 1. The van der Waals surface area contributed by atoms with E-state index in [1.54, 1.807) is 6.08 Å². The van der Waals surface area contributed by atoms with Crippen molar-refractivity contribution >= 4 is 16.3 Å². The predicted molar refractivity (Wildman–Crippen MR) is 273 cm³/mol. The number of carbonyl (C=O) groups excluding carboxylic acids is 1. The molecule has 67 heavy (non-hydrogen) atoms. The third kappa shape index (κ3) is 37.3. The van der Waals surface area contributed by atoms with Crippen LogP contribution in [0.4, 0.5) is 0 Å². The zero-order chi connectivity index (χ0) is 49.1. The van der Waals surface area contributed by atoms with Crippen LogP contribution in [0.3, 0.4) is 0 Å². The SMILES string of the molecule is CCCCCCCCC/C=C/C(O)C(COC1OC(CO)C(O)C(OS(=O)(=O)O)C1O)NC(=O)CCCCCCCCCCCCCCCCCCCCCCCCCCCCCCCCC. The summed E-state index contributed by atoms with van der Waals surface area (Å²) < 4.78 is 47.6. The van der Waals surface area contributed by atoms with Crippen LogP contribution in [0.1, 0.15) is 271 Å². The van der Waals surface area contributed by atoms with Crippen LogP contribution in [0.2, 0.25) is 0 Å². The largest absolute Gasteiger partial charge is 0.397 e. The Labute approximate surface area is 410 Å². The van der Waals surface area contributed by atoms with Crippen molar-refractivity contribution < 1.29 is 51.8 Å². The number of carbonyl (C=O) groups is 1. The number of hydrogen-bond donors (Lipinski definition) is 6. The molecule has 13 heteroatoms. The molecule has 12 nitrogen and oxygen atoms in total. The number of allylic oxidation sites excluding steroid dienone is 1. The highest BCUT2D eigenvalue weighted by molar-refractivity contribution is 7.80. The van der Waals surface area contributed by atoms with E-state index in [9.17, 15) is 38.2 Å². The number of nitrogens with one attached hydrogen (secondary N) is 1. The third-order valence-electron chi connectivity index (χ3n) is 13.6. The molecule has 0 saturated carbocycles. The Bertz CT molecular complexity index is 1240. The van der Waals surface area contributed by atoms with E-state index in [-0.39, 0.29) is 18.9 Å². The lowest BCUT2D eigenvalue weighted by Gasteiger charge is -2.41. The van der Waals surface area contributed by atoms with Crippen LogP contribution in [-0.4, -0.2) is 95.4 Å². The minimum Gasteiger partial charge on any atom is -0.394 e. The van der Waals surface area contributed by atoms with E-state index >= 15 is 0 Å². The molecule has 1 rings (SSSR count). The predicted octanol–water partition coefficient (Wildman–Crippen LogP) is 12.7. The minimum atomic E-state index is -5.08. The summed E-state index contributed by atoms with van der Waals surface area (Å²) in [7, 11) is -5.08. The molecule has 7 atom stereocenters. The third-order valence-corrected chi connectivity index (χ3v) is 14.0. The Balaban J connectivity index is 2.18. The van der Waals surface area contributed by atoms with Crippen molar-refractivity contribution in [2.24, 2.45) is 0 Å². The Hall–Kier alpha value is -1.16. The summed E-state index contributed by atoms with van der Waals surface area (Å²) in [6, 6.07) is -0.938. The minimum absolute atomic E-state index is 0.259. The molecule has 1 saturated heterocycles. The molecule has 1 fully saturated rings. The highest BCUT2D eigenvalue weighted by Gasteiger charge is 2.48. The van der Waals surface area contributed by atoms with Crippen molar-refractivity contribution in [2.75, 3.05) is 13.2 Å². The summed E-state index contributed by atoms with van der Waals surface area (Å²) in [5, 5.41) is 44.7. The van der Waals surface area contributed by atoms with Crippen molar-refractivity contribution in [1.82, 2.24) is 5.32 Å². The fourth-order valence-corrected chi connectivity index (χ4v) is 9.73. The van der Waals surface area contributed by atoms with E-state index in [1.807, 2.05) is 6.08 Å². The van der Waals surface area contributed by atoms with E-state index in [4.69, 9.17) is 9.47 Å². The van der Waals surface area contributed by atoms with Gasteiger partial charge in [0.2, 0.25) is 5.91 Å². The van der Waals surface area contributed by atoms with Crippen LogP contribution in [0.15, 0.2) is 12.2 Å². The summed E-state index contributed by atoms with van der Waals surface area (Å²) in [4.78, 5) is 13.0. The highest BCUT2D eigenvalue weighted by atomic mass is 32.3. The molecule has 0 aromatic carbocycles. The zero-order valence-electron chi connectivity index (χ0n) is 43.0. The molecule has 1 amide bonds. The molecular weight excluding hydrogens is 871 g/mol. The van der Waals surface area contributed by atoms with Crippen LogP contribution >= 0.6 is 0 Å². The second kappa shape index (κ2) is 44.8. The average molecular weight is 976 g/mol. The number of ether oxygens (including phenoxy) is 2. The van der Waals surface area contributed by atoms with Gasteiger partial charge in [-0.3, -0.25) is 9.35 Å². The first-order valence-electron chi connectivity index (χ1n) is 28.1. The van der Waals surface area contributed by atoms with Gasteiger partial charge in [0.1, 0.15) is 24.4 Å². The molecule has 0 spiro atoms. The summed E-state index contributed by atoms with van der Waals surface area (Å²) in [6.45, 7) is 3.38. The van der Waals surface area contributed by atoms with Gasteiger partial charge in [-0.2, -0.15) is 8.42 Å². The number of aliphatic hydroxyl groups excluding tert-OH is 4. The van der Waals surface area contributed by atoms with Crippen molar-refractivity contribution in [1.29, 1.82) is 0 Å². The molecule has 0 aromatic rings. The molecule has 1 heterocycles. The van der Waals surface area contributed by atoms with E-state index < -0.39 is 59.9 Å². The molecule has 0 aliphatic carbocycles. The van der Waals surface area contributed by atoms with Crippen molar-refractivity contribution in [3.63, 3.8) is 0 Å². The number of unbranched alkanes of at least 4 members (excludes halogenated alkanes) is 37. The van der Waals surface area contributed by atoms with E-state index in [1.165, 1.54) is 199 Å². The van der Waals surface area contributed by atoms with Gasteiger partial charge < -0.3 is 35.2 Å². The van der Waals surface area contributed by atoms with Crippen LogP contribution in [0.5, 0.6) is 0 Å². The smallest absolute Gasteiger partial charge is 0.394 e. The molecule has 0 bridgehead atoms. The van der Waals surface area contributed by atoms with Gasteiger partial charge in [-0.1, -0.05) is 257 Å². The molecule has 7 unspecified atom stereocenters. The molecule has 0 radical (unpaired) electrons. The van der Waals surface area contributed by atoms with Crippen LogP contribution in [-0.2, 0) is 28.9 Å². The maximum absolute atomic E-state index is 13.0. The maximum atomic E-state index is 13.0. The summed E-state index contributed by atoms with van der Waals surface area (Å²) in [5.74, 6) is -0.259. The Kier molecular flexibility index (Phi) is 42.7. The first-order valence-corrected chi connectivity index (χ1v) is 29.4. The van der Waals surface area contributed by atoms with Gasteiger partial charge in [0.25, 0.3) is 0 Å². The maximum Gasteiger partial charge on any atom is 0.397 e. The van der Waals surface area contributed by atoms with Gasteiger partial charge in [-0.25, -0.2) is 4.18 Å². The normalized spacial score (nSPS) is 19.9. The molecular formula is C54H105NO11S. The van der Waals surface area contributed by atoms with E-state index in [2.05, 4.69) is 23.3 Å². The van der Waals surface area contributed by atoms with E-state index in [0.29, 0.717) is 6.42 Å². The zero-order valence-corrected chi connectivity index (χ0v) is 43.8. The van der Waals surface area contributed by atoms with Gasteiger partial charge in [0, 0.05) is 6.42 Å². The van der Waals surface area contributed by atoms with Crippen molar-refractivity contribution in [2.45, 2.75) is 314 Å². The fraction of sp³-hybridized carbons (Fsp3) is 0.944. The van der Waals surface area contributed by atoms with Crippen LogP contribution < -0.4 is 5.32 Å². The Morgan fingerprint density at radius 3 is 1.30 bits per heavy atom. The Morgan fingerprint density at radius 2 is 0.940 bits per heavy atom. The molecule has 0 aromatic heterocycles. The number of aliphatic hydroxyl groups is 4. The Morgan fingerprint density at radius 1 is 0.582 bits per heavy atom. The lowest BCUT2D eigenvalue weighted by Crippen LogP contribution is -2.61. The second-order valence-electron chi connectivity index (χ2n) is 19.9. The summed E-state index contributed by atoms with van der Waals surface area (Å²) in [6.07, 6.45) is 44.5. The lowest BCUT2D eigenvalue weighted by atomic mass is 9.99. The molecule has 398 valence electrons. The van der Waals surface area contributed by atoms with Gasteiger partial charge in [-0.15, -0.1) is 0 Å². The standard InChI is InChI=1S/C54H105NO11S/c1-3-5-7-9-11-13-14-15-16-17-18-19-20-21-22-23-24-25-26-27-28-29-30-31-32-33-34-36-38-40-42-44-50(58)55-47(48(57)43-41-39-37-35-12-10-8-6-4-2)46-64-54-52(60)53(66-67(61,62)63)51(59)49(45-56)65-54/h41,43,47-49,51-54,56-57,59-60H,3-40,42,44-46H2,1-2H3,(H,55,58)(H,61,62,63)/b43-41+. The van der Waals surface area contributed by atoms with Gasteiger partial charge in [0.15, 0.2) is 6.29 Å². The van der Waals surface area contributed by atoms with E-state index in [0.717, 1.165) is 44.9 Å². The quantitative estimate of drug-likeness (QED) is 0.0193. The number of hydrogen-bond acceptors (Lipinski definition) is 10. The van der Waals surface area contributed by atoms with Crippen LogP contribution in [0.25, 0.3) is 0 Å². The van der Waals surface area contributed by atoms with Gasteiger partial charge >= 0.3 is 10.4 Å². The molecule has 1 aliphatic heterocycles. The topological polar surface area (TPSA) is 192 Å². The van der Waals surface area contributed by atoms with Crippen molar-refractivity contribution in [3.8, 4) is 0 Å². The monoisotopic (exact) mass is 976 g/mol. The average Bonchev–Trinajstić information content (AvgIpc) is 3.30. The van der Waals surface area contributed by atoms with Gasteiger partial charge in [0.05, 0.1) is 25.4 Å². The van der Waals surface area contributed by atoms with Gasteiger partial charge in [-0.05, 0) is 19.3 Å². The number of rotatable bonds is 49. The van der Waals surface area contributed by atoms with Crippen LogP contribution in [0, 0.1) is 0 Å². The first kappa shape index (κ1) is 63.9. The molecule has 1 aliphatic rings. The summed E-state index contributed by atoms with van der Waals surface area (Å²) in [5.41, 5.74) is 0. The fourth-order valence-electron chi connectivity index (χ4n) is 9.22. The first-order chi connectivity index (χ1) is 32.5. The van der Waals surface area contributed by atoms with Crippen molar-refractivity contribution in [3.05, 3.63) is 12.2 Å². The summed E-state index contributed by atoms with van der Waals surface area (Å²) >= 11 is 0. The second-order valence-corrected chi connectivity index (χ2v) is 20.9.